The largest absolute Gasteiger partial charge is 0.127 e. The summed E-state index contributed by atoms with van der Waals surface area (Å²) in [6.45, 7) is 8.55. The van der Waals surface area contributed by atoms with E-state index in [1.54, 1.807) is 11.3 Å². The minimum Gasteiger partial charge on any atom is -0.127 e. The van der Waals surface area contributed by atoms with Gasteiger partial charge >= 0.3 is 0 Å². The fourth-order valence-corrected chi connectivity index (χ4v) is 3.82. The summed E-state index contributed by atoms with van der Waals surface area (Å²) in [5.41, 5.74) is 6.38. The molecule has 0 nitrogen and oxygen atoms in total. The van der Waals surface area contributed by atoms with Gasteiger partial charge in [-0.3, -0.25) is 0 Å². The molecular weight excluding hydrogens is 283 g/mol. The fourth-order valence-electron chi connectivity index (χ4n) is 2.23. The van der Waals surface area contributed by atoms with Gasteiger partial charge in [0.2, 0.25) is 0 Å². The number of hydrogen-bond donors (Lipinski definition) is 0. The predicted molar refractivity (Wildman–Crippen MR) is 82.4 cm³/mol. The molecule has 0 aliphatic carbocycles. The van der Waals surface area contributed by atoms with E-state index >= 15 is 0 Å². The molecule has 0 fully saturated rings. The van der Waals surface area contributed by atoms with Gasteiger partial charge in [-0.25, -0.2) is 0 Å². The van der Waals surface area contributed by atoms with Crippen molar-refractivity contribution in [3.8, 4) is 0 Å². The van der Waals surface area contributed by atoms with Crippen molar-refractivity contribution < 1.29 is 0 Å². The van der Waals surface area contributed by atoms with E-state index in [2.05, 4.69) is 33.8 Å². The Morgan fingerprint density at radius 1 is 1.00 bits per heavy atom. The Balaban J connectivity index is 2.57. The molecule has 1 heterocycles. The molecule has 1 unspecified atom stereocenters. The molecule has 0 bridgehead atoms. The molecular formula is C15H16Cl2S. The summed E-state index contributed by atoms with van der Waals surface area (Å²) in [7, 11) is 0. The predicted octanol–water partition coefficient (Wildman–Crippen LogP) is 5.96. The van der Waals surface area contributed by atoms with Crippen molar-refractivity contribution >= 4 is 34.5 Å². The lowest BCUT2D eigenvalue weighted by Crippen LogP contribution is -2.02. The van der Waals surface area contributed by atoms with Crippen molar-refractivity contribution in [2.75, 3.05) is 0 Å². The Kier molecular flexibility index (Phi) is 4.05. The summed E-state index contributed by atoms with van der Waals surface area (Å²) in [5, 5.41) is -0.110. The number of halogens is 2. The third-order valence-electron chi connectivity index (χ3n) is 3.52. The van der Waals surface area contributed by atoms with Crippen LogP contribution in [0.4, 0.5) is 0 Å². The van der Waals surface area contributed by atoms with E-state index < -0.39 is 0 Å². The van der Waals surface area contributed by atoms with E-state index in [1.807, 2.05) is 12.1 Å². The molecule has 1 aromatic heterocycles. The first kappa shape index (κ1) is 13.9. The van der Waals surface area contributed by atoms with Gasteiger partial charge in [-0.05, 0) is 67.6 Å². The van der Waals surface area contributed by atoms with Crippen LogP contribution in [0.2, 0.25) is 4.34 Å². The zero-order chi connectivity index (χ0) is 13.4. The second-order valence-electron chi connectivity index (χ2n) is 4.68. The third-order valence-corrected chi connectivity index (χ3v) is 5.40. The topological polar surface area (TPSA) is 0 Å². The highest BCUT2D eigenvalue weighted by atomic mass is 35.5. The van der Waals surface area contributed by atoms with E-state index in [0.717, 1.165) is 9.21 Å². The molecule has 96 valence electrons. The number of benzene rings is 1. The first-order valence-electron chi connectivity index (χ1n) is 5.88. The van der Waals surface area contributed by atoms with Crippen LogP contribution in [0.3, 0.4) is 0 Å². The van der Waals surface area contributed by atoms with E-state index in [1.165, 1.54) is 27.8 Å². The van der Waals surface area contributed by atoms with Crippen LogP contribution in [0.1, 0.15) is 38.1 Å². The van der Waals surface area contributed by atoms with Crippen LogP contribution in [0.5, 0.6) is 0 Å². The quantitative estimate of drug-likeness (QED) is 0.600. The van der Waals surface area contributed by atoms with Crippen molar-refractivity contribution in [2.45, 2.75) is 33.1 Å². The van der Waals surface area contributed by atoms with Gasteiger partial charge in [-0.1, -0.05) is 17.7 Å². The van der Waals surface area contributed by atoms with E-state index in [9.17, 15) is 0 Å². The molecule has 3 heteroatoms. The van der Waals surface area contributed by atoms with Gasteiger partial charge in [0.05, 0.1) is 9.71 Å². The van der Waals surface area contributed by atoms with Gasteiger partial charge < -0.3 is 0 Å². The van der Waals surface area contributed by atoms with Crippen LogP contribution in [-0.2, 0) is 0 Å². The minimum absolute atomic E-state index is 0.110. The van der Waals surface area contributed by atoms with Crippen molar-refractivity contribution in [3.05, 3.63) is 55.2 Å². The summed E-state index contributed by atoms with van der Waals surface area (Å²) in [5.74, 6) is 0. The monoisotopic (exact) mass is 298 g/mol. The Morgan fingerprint density at radius 3 is 2.00 bits per heavy atom. The van der Waals surface area contributed by atoms with Gasteiger partial charge in [0, 0.05) is 4.88 Å². The third kappa shape index (κ3) is 2.45. The molecule has 0 radical (unpaired) electrons. The molecule has 0 N–H and O–H groups in total. The highest BCUT2D eigenvalue weighted by molar-refractivity contribution is 7.16. The molecule has 0 saturated heterocycles. The Morgan fingerprint density at radius 2 is 1.56 bits per heavy atom. The lowest BCUT2D eigenvalue weighted by Gasteiger charge is -2.18. The highest BCUT2D eigenvalue weighted by Crippen LogP contribution is 2.39. The fraction of sp³-hybridized carbons (Fsp3) is 0.333. The Hall–Kier alpha value is -0.500. The maximum absolute atomic E-state index is 6.65. The van der Waals surface area contributed by atoms with E-state index in [-0.39, 0.29) is 5.38 Å². The molecule has 0 spiro atoms. The molecule has 0 aliphatic rings. The average molecular weight is 299 g/mol. The van der Waals surface area contributed by atoms with Crippen molar-refractivity contribution in [1.29, 1.82) is 0 Å². The van der Waals surface area contributed by atoms with E-state index in [4.69, 9.17) is 23.2 Å². The second-order valence-corrected chi connectivity index (χ2v) is 6.86. The summed E-state index contributed by atoms with van der Waals surface area (Å²) in [6, 6.07) is 6.14. The van der Waals surface area contributed by atoms with E-state index in [0.29, 0.717) is 0 Å². The van der Waals surface area contributed by atoms with Crippen LogP contribution in [0, 0.1) is 27.7 Å². The molecule has 0 aliphatic heterocycles. The maximum Gasteiger partial charge on any atom is 0.0933 e. The lowest BCUT2D eigenvalue weighted by molar-refractivity contribution is 1.07. The SMILES string of the molecule is Cc1cc(C)c(C)c(C(Cl)c2ccc(Cl)s2)c1C. The van der Waals surface area contributed by atoms with Crippen molar-refractivity contribution in [2.24, 2.45) is 0 Å². The Labute approximate surface area is 123 Å². The highest BCUT2D eigenvalue weighted by Gasteiger charge is 2.19. The molecule has 0 saturated carbocycles. The summed E-state index contributed by atoms with van der Waals surface area (Å²) in [4.78, 5) is 1.11. The molecule has 1 aromatic carbocycles. The number of alkyl halides is 1. The molecule has 2 aromatic rings. The lowest BCUT2D eigenvalue weighted by atomic mass is 9.92. The number of rotatable bonds is 2. The first-order valence-corrected chi connectivity index (χ1v) is 7.51. The van der Waals surface area contributed by atoms with Crippen LogP contribution >= 0.6 is 34.5 Å². The number of thiophene rings is 1. The molecule has 1 atom stereocenters. The van der Waals surface area contributed by atoms with Gasteiger partial charge in [0.15, 0.2) is 0 Å². The van der Waals surface area contributed by atoms with Gasteiger partial charge in [-0.2, -0.15) is 0 Å². The van der Waals surface area contributed by atoms with Crippen molar-refractivity contribution in [3.63, 3.8) is 0 Å². The standard InChI is InChI=1S/C15H16Cl2S/c1-8-7-9(2)11(4)14(10(8)3)15(17)12-5-6-13(16)18-12/h5-7,15H,1-4H3. The number of aryl methyl sites for hydroxylation is 2. The summed E-state index contributed by atoms with van der Waals surface area (Å²) >= 11 is 14.2. The molecule has 0 amide bonds. The summed E-state index contributed by atoms with van der Waals surface area (Å²) in [6.07, 6.45) is 0. The number of hydrogen-bond acceptors (Lipinski definition) is 1. The zero-order valence-electron chi connectivity index (χ0n) is 11.0. The normalized spacial score (nSPS) is 12.8. The first-order chi connectivity index (χ1) is 8.41. The summed E-state index contributed by atoms with van der Waals surface area (Å²) < 4.78 is 0.787. The zero-order valence-corrected chi connectivity index (χ0v) is 13.3. The van der Waals surface area contributed by atoms with Crippen LogP contribution < -0.4 is 0 Å². The van der Waals surface area contributed by atoms with Gasteiger partial charge in [0.25, 0.3) is 0 Å². The maximum atomic E-state index is 6.65. The van der Waals surface area contributed by atoms with Crippen molar-refractivity contribution in [1.82, 2.24) is 0 Å². The van der Waals surface area contributed by atoms with Gasteiger partial charge in [-0.15, -0.1) is 22.9 Å². The van der Waals surface area contributed by atoms with Crippen LogP contribution in [-0.4, -0.2) is 0 Å². The smallest absolute Gasteiger partial charge is 0.0933 e. The average Bonchev–Trinajstić information content (AvgIpc) is 2.73. The second kappa shape index (κ2) is 5.24. The molecule has 2 rings (SSSR count). The van der Waals surface area contributed by atoms with Gasteiger partial charge in [0.1, 0.15) is 0 Å². The minimum atomic E-state index is -0.110. The Bertz CT molecular complexity index is 558. The van der Waals surface area contributed by atoms with Crippen LogP contribution in [0.15, 0.2) is 18.2 Å². The molecule has 18 heavy (non-hydrogen) atoms. The van der Waals surface area contributed by atoms with Crippen LogP contribution in [0.25, 0.3) is 0 Å².